The molecule has 86 valence electrons. The molecule has 14 heavy (non-hydrogen) atoms. The molecule has 0 saturated carbocycles. The van der Waals surface area contributed by atoms with Gasteiger partial charge in [-0.2, -0.15) is 11.8 Å². The lowest BCUT2D eigenvalue weighted by Gasteiger charge is -2.14. The van der Waals surface area contributed by atoms with E-state index in [0.29, 0.717) is 12.5 Å². The Morgan fingerprint density at radius 3 is 2.57 bits per heavy atom. The van der Waals surface area contributed by atoms with Gasteiger partial charge in [0.1, 0.15) is 0 Å². The first kappa shape index (κ1) is 14.3. The molecule has 2 nitrogen and oxygen atoms in total. The number of rotatable bonds is 10. The van der Waals surface area contributed by atoms with Gasteiger partial charge in [0.25, 0.3) is 0 Å². The van der Waals surface area contributed by atoms with E-state index in [4.69, 9.17) is 9.84 Å². The Bertz CT molecular complexity index is 109. The molecule has 0 radical (unpaired) electrons. The van der Waals surface area contributed by atoms with Crippen LogP contribution in [0.5, 0.6) is 0 Å². The van der Waals surface area contributed by atoms with Crippen LogP contribution in [0.4, 0.5) is 0 Å². The molecule has 0 aromatic heterocycles. The highest BCUT2D eigenvalue weighted by atomic mass is 32.2. The zero-order valence-electron chi connectivity index (χ0n) is 9.50. The second-order valence-corrected chi connectivity index (χ2v) is 4.66. The summed E-state index contributed by atoms with van der Waals surface area (Å²) in [6.45, 7) is 1.22. The average Bonchev–Trinajstić information content (AvgIpc) is 2.20. The summed E-state index contributed by atoms with van der Waals surface area (Å²) >= 11 is 1.90. The minimum atomic E-state index is 0.333. The standard InChI is InChI=1S/C11H24O2S/c1-13-10-11(7-9-14-2)6-4-3-5-8-12/h11-12H,3-10H2,1-2H3/t11-/m0/s1. The zero-order valence-corrected chi connectivity index (χ0v) is 10.3. The zero-order chi connectivity index (χ0) is 10.6. The van der Waals surface area contributed by atoms with Crippen molar-refractivity contribution in [2.24, 2.45) is 5.92 Å². The van der Waals surface area contributed by atoms with E-state index in [1.807, 2.05) is 11.8 Å². The highest BCUT2D eigenvalue weighted by molar-refractivity contribution is 7.98. The van der Waals surface area contributed by atoms with Crippen molar-refractivity contribution in [1.82, 2.24) is 0 Å². The van der Waals surface area contributed by atoms with Gasteiger partial charge in [-0.3, -0.25) is 0 Å². The molecule has 0 aromatic rings. The van der Waals surface area contributed by atoms with E-state index < -0.39 is 0 Å². The molecule has 0 unspecified atom stereocenters. The third kappa shape index (κ3) is 8.85. The van der Waals surface area contributed by atoms with Crippen molar-refractivity contribution in [2.45, 2.75) is 32.1 Å². The Labute approximate surface area is 92.4 Å². The number of ether oxygens (including phenoxy) is 1. The van der Waals surface area contributed by atoms with Gasteiger partial charge in [0.05, 0.1) is 0 Å². The van der Waals surface area contributed by atoms with E-state index in [0.717, 1.165) is 19.4 Å². The van der Waals surface area contributed by atoms with Gasteiger partial charge in [-0.1, -0.05) is 12.8 Å². The Hall–Kier alpha value is 0.270. The van der Waals surface area contributed by atoms with Gasteiger partial charge >= 0.3 is 0 Å². The van der Waals surface area contributed by atoms with E-state index >= 15 is 0 Å². The lowest BCUT2D eigenvalue weighted by molar-refractivity contribution is 0.144. The molecule has 1 N–H and O–H groups in total. The Kier molecular flexibility index (Phi) is 11.6. The molecule has 0 heterocycles. The monoisotopic (exact) mass is 220 g/mol. The lowest BCUT2D eigenvalue weighted by Crippen LogP contribution is -2.09. The number of hydrogen-bond acceptors (Lipinski definition) is 3. The maximum Gasteiger partial charge on any atom is 0.0490 e. The summed E-state index contributed by atoms with van der Waals surface area (Å²) in [4.78, 5) is 0. The average molecular weight is 220 g/mol. The molecule has 0 saturated heterocycles. The van der Waals surface area contributed by atoms with Crippen LogP contribution in [0.15, 0.2) is 0 Å². The van der Waals surface area contributed by atoms with Crippen LogP contribution in [0, 0.1) is 5.92 Å². The van der Waals surface area contributed by atoms with Crippen molar-refractivity contribution in [3.05, 3.63) is 0 Å². The van der Waals surface area contributed by atoms with Gasteiger partial charge in [0.15, 0.2) is 0 Å². The number of aliphatic hydroxyl groups excluding tert-OH is 1. The maximum atomic E-state index is 8.65. The number of methoxy groups -OCH3 is 1. The van der Waals surface area contributed by atoms with Crippen molar-refractivity contribution in [2.75, 3.05) is 32.3 Å². The SMILES string of the molecule is COC[C@@H](CCCCCO)CCSC. The van der Waals surface area contributed by atoms with Gasteiger partial charge in [-0.05, 0) is 37.2 Å². The van der Waals surface area contributed by atoms with Gasteiger partial charge in [0, 0.05) is 20.3 Å². The second-order valence-electron chi connectivity index (χ2n) is 3.68. The molecule has 0 aliphatic carbocycles. The summed E-state index contributed by atoms with van der Waals surface area (Å²) in [5, 5.41) is 8.65. The predicted molar refractivity (Wildman–Crippen MR) is 63.9 cm³/mol. The van der Waals surface area contributed by atoms with Crippen LogP contribution in [0.3, 0.4) is 0 Å². The fourth-order valence-corrected chi connectivity index (χ4v) is 2.12. The summed E-state index contributed by atoms with van der Waals surface area (Å²) < 4.78 is 5.20. The Morgan fingerprint density at radius 2 is 2.00 bits per heavy atom. The van der Waals surface area contributed by atoms with Crippen LogP contribution in [0.25, 0.3) is 0 Å². The van der Waals surface area contributed by atoms with Crippen molar-refractivity contribution in [3.8, 4) is 0 Å². The van der Waals surface area contributed by atoms with E-state index in [1.165, 1.54) is 25.0 Å². The van der Waals surface area contributed by atoms with Crippen LogP contribution in [0.1, 0.15) is 32.1 Å². The molecular weight excluding hydrogens is 196 g/mol. The molecule has 0 aliphatic heterocycles. The van der Waals surface area contributed by atoms with E-state index in [-0.39, 0.29) is 0 Å². The van der Waals surface area contributed by atoms with Gasteiger partial charge < -0.3 is 9.84 Å². The topological polar surface area (TPSA) is 29.5 Å². The van der Waals surface area contributed by atoms with Crippen LogP contribution < -0.4 is 0 Å². The molecular formula is C11H24O2S. The summed E-state index contributed by atoms with van der Waals surface area (Å²) in [6, 6.07) is 0. The number of hydrogen-bond donors (Lipinski definition) is 1. The first-order valence-corrected chi connectivity index (χ1v) is 6.83. The summed E-state index contributed by atoms with van der Waals surface area (Å²) in [7, 11) is 1.78. The molecule has 0 aliphatic rings. The van der Waals surface area contributed by atoms with Crippen LogP contribution in [0.2, 0.25) is 0 Å². The number of unbranched alkanes of at least 4 members (excludes halogenated alkanes) is 2. The highest BCUT2D eigenvalue weighted by Crippen LogP contribution is 2.16. The quantitative estimate of drug-likeness (QED) is 0.574. The molecule has 0 amide bonds. The third-order valence-electron chi connectivity index (χ3n) is 2.40. The molecule has 0 fully saturated rings. The largest absolute Gasteiger partial charge is 0.396 e. The van der Waals surface area contributed by atoms with Crippen molar-refractivity contribution in [1.29, 1.82) is 0 Å². The molecule has 0 bridgehead atoms. The minimum Gasteiger partial charge on any atom is -0.396 e. The molecule has 0 aromatic carbocycles. The third-order valence-corrected chi connectivity index (χ3v) is 3.05. The van der Waals surface area contributed by atoms with Gasteiger partial charge in [-0.25, -0.2) is 0 Å². The van der Waals surface area contributed by atoms with Crippen molar-refractivity contribution < 1.29 is 9.84 Å². The minimum absolute atomic E-state index is 0.333. The fourth-order valence-electron chi connectivity index (χ4n) is 1.55. The second kappa shape index (κ2) is 11.3. The summed E-state index contributed by atoms with van der Waals surface area (Å²) in [5.74, 6) is 1.94. The summed E-state index contributed by atoms with van der Waals surface area (Å²) in [5.41, 5.74) is 0. The first-order chi connectivity index (χ1) is 6.85. The Morgan fingerprint density at radius 1 is 1.21 bits per heavy atom. The van der Waals surface area contributed by atoms with E-state index in [1.54, 1.807) is 7.11 Å². The lowest BCUT2D eigenvalue weighted by atomic mass is 9.99. The van der Waals surface area contributed by atoms with E-state index in [2.05, 4.69) is 6.26 Å². The van der Waals surface area contributed by atoms with Crippen molar-refractivity contribution >= 4 is 11.8 Å². The van der Waals surface area contributed by atoms with E-state index in [9.17, 15) is 0 Å². The first-order valence-electron chi connectivity index (χ1n) is 5.43. The summed E-state index contributed by atoms with van der Waals surface area (Å²) in [6.07, 6.45) is 7.97. The van der Waals surface area contributed by atoms with Crippen LogP contribution in [-0.4, -0.2) is 37.4 Å². The Balaban J connectivity index is 3.40. The number of aliphatic hydroxyl groups is 1. The van der Waals surface area contributed by atoms with Crippen LogP contribution in [-0.2, 0) is 4.74 Å². The smallest absolute Gasteiger partial charge is 0.0490 e. The molecule has 0 rings (SSSR count). The van der Waals surface area contributed by atoms with Gasteiger partial charge in [-0.15, -0.1) is 0 Å². The van der Waals surface area contributed by atoms with Crippen molar-refractivity contribution in [3.63, 3.8) is 0 Å². The normalized spacial score (nSPS) is 13.1. The number of thioether (sulfide) groups is 1. The fraction of sp³-hybridized carbons (Fsp3) is 1.00. The molecule has 0 spiro atoms. The maximum absolute atomic E-state index is 8.65. The van der Waals surface area contributed by atoms with Crippen LogP contribution >= 0.6 is 11.8 Å². The highest BCUT2D eigenvalue weighted by Gasteiger charge is 2.07. The predicted octanol–water partition coefficient (Wildman–Crippen LogP) is 2.55. The molecule has 3 heteroatoms. The molecule has 1 atom stereocenters. The van der Waals surface area contributed by atoms with Gasteiger partial charge in [0.2, 0.25) is 0 Å².